The van der Waals surface area contributed by atoms with Gasteiger partial charge in [-0.3, -0.25) is 4.57 Å². The highest BCUT2D eigenvalue weighted by Crippen LogP contribution is 2.19. The van der Waals surface area contributed by atoms with E-state index in [0.29, 0.717) is 30.6 Å². The minimum atomic E-state index is 0.452. The summed E-state index contributed by atoms with van der Waals surface area (Å²) < 4.78 is 6.95. The van der Waals surface area contributed by atoms with Gasteiger partial charge in [0.2, 0.25) is 11.8 Å². The molecule has 0 atom stereocenters. The molecule has 19 heavy (non-hydrogen) atoms. The Morgan fingerprint density at radius 2 is 2.16 bits per heavy atom. The molecule has 3 aromatic heterocycles. The Kier molecular flexibility index (Phi) is 2.66. The maximum Gasteiger partial charge on any atom is 0.228 e. The largest absolute Gasteiger partial charge is 0.369 e. The van der Waals surface area contributed by atoms with Gasteiger partial charge in [-0.2, -0.15) is 4.98 Å². The maximum absolute atomic E-state index is 5.94. The zero-order chi connectivity index (χ0) is 13.4. The van der Waals surface area contributed by atoms with Crippen LogP contribution >= 0.6 is 0 Å². The first kappa shape index (κ1) is 11.6. The SMILES string of the molecule is Cc1noc(CCn2c(N)nc3c(C)ccnc32)n1. The third-order valence-corrected chi connectivity index (χ3v) is 2.98. The van der Waals surface area contributed by atoms with E-state index in [-0.39, 0.29) is 0 Å². The first-order valence-corrected chi connectivity index (χ1v) is 6.01. The molecule has 3 aromatic rings. The predicted molar refractivity (Wildman–Crippen MR) is 69.4 cm³/mol. The van der Waals surface area contributed by atoms with Gasteiger partial charge in [-0.1, -0.05) is 5.16 Å². The average molecular weight is 258 g/mol. The van der Waals surface area contributed by atoms with Gasteiger partial charge in [0.25, 0.3) is 0 Å². The summed E-state index contributed by atoms with van der Waals surface area (Å²) in [5.74, 6) is 1.67. The molecule has 0 fully saturated rings. The van der Waals surface area contributed by atoms with E-state index >= 15 is 0 Å². The van der Waals surface area contributed by atoms with Crippen LogP contribution in [-0.4, -0.2) is 24.7 Å². The summed E-state index contributed by atoms with van der Waals surface area (Å²) in [7, 11) is 0. The molecule has 0 saturated heterocycles. The molecule has 0 saturated carbocycles. The Labute approximate surface area is 109 Å². The number of nitrogens with zero attached hydrogens (tertiary/aromatic N) is 5. The van der Waals surface area contributed by atoms with E-state index in [2.05, 4.69) is 20.1 Å². The van der Waals surface area contributed by atoms with Crippen LogP contribution in [0.2, 0.25) is 0 Å². The molecule has 0 radical (unpaired) electrons. The molecule has 0 aliphatic rings. The van der Waals surface area contributed by atoms with Crippen molar-refractivity contribution in [1.29, 1.82) is 0 Å². The van der Waals surface area contributed by atoms with Gasteiger partial charge in [0, 0.05) is 19.2 Å². The highest BCUT2D eigenvalue weighted by atomic mass is 16.5. The molecule has 0 unspecified atom stereocenters. The van der Waals surface area contributed by atoms with Gasteiger partial charge in [-0.15, -0.1) is 0 Å². The van der Waals surface area contributed by atoms with Crippen LogP contribution in [0, 0.1) is 13.8 Å². The van der Waals surface area contributed by atoms with Crippen molar-refractivity contribution in [2.45, 2.75) is 26.8 Å². The fourth-order valence-corrected chi connectivity index (χ4v) is 2.02. The lowest BCUT2D eigenvalue weighted by Crippen LogP contribution is -2.06. The Morgan fingerprint density at radius 1 is 1.32 bits per heavy atom. The molecule has 3 rings (SSSR count). The summed E-state index contributed by atoms with van der Waals surface area (Å²) in [5, 5.41) is 3.76. The van der Waals surface area contributed by atoms with Gasteiger partial charge in [-0.25, -0.2) is 9.97 Å². The predicted octanol–water partition coefficient (Wildman–Crippen LogP) is 1.26. The summed E-state index contributed by atoms with van der Waals surface area (Å²) in [6.07, 6.45) is 2.36. The Bertz CT molecular complexity index is 729. The number of anilines is 1. The number of aromatic nitrogens is 5. The number of hydrogen-bond acceptors (Lipinski definition) is 6. The lowest BCUT2D eigenvalue weighted by molar-refractivity contribution is 0.369. The second kappa shape index (κ2) is 4.34. The summed E-state index contributed by atoms with van der Waals surface area (Å²) in [5.41, 5.74) is 8.62. The number of rotatable bonds is 3. The minimum absolute atomic E-state index is 0.452. The lowest BCUT2D eigenvalue weighted by atomic mass is 10.3. The van der Waals surface area contributed by atoms with Crippen LogP contribution in [0.4, 0.5) is 5.95 Å². The smallest absolute Gasteiger partial charge is 0.228 e. The highest BCUT2D eigenvalue weighted by molar-refractivity contribution is 5.77. The molecule has 3 heterocycles. The van der Waals surface area contributed by atoms with Crippen molar-refractivity contribution in [3.8, 4) is 0 Å². The Morgan fingerprint density at radius 3 is 2.89 bits per heavy atom. The quantitative estimate of drug-likeness (QED) is 0.759. The highest BCUT2D eigenvalue weighted by Gasteiger charge is 2.12. The third-order valence-electron chi connectivity index (χ3n) is 2.98. The van der Waals surface area contributed by atoms with E-state index in [1.807, 2.05) is 17.6 Å². The zero-order valence-electron chi connectivity index (χ0n) is 10.8. The number of nitrogen functional groups attached to an aromatic ring is 1. The van der Waals surface area contributed by atoms with Crippen molar-refractivity contribution in [1.82, 2.24) is 24.7 Å². The first-order chi connectivity index (χ1) is 9.15. The monoisotopic (exact) mass is 258 g/mol. The van der Waals surface area contributed by atoms with Crippen LogP contribution in [0.15, 0.2) is 16.8 Å². The van der Waals surface area contributed by atoms with Gasteiger partial charge in [0.1, 0.15) is 5.52 Å². The maximum atomic E-state index is 5.94. The van der Waals surface area contributed by atoms with Gasteiger partial charge in [-0.05, 0) is 25.5 Å². The molecular formula is C12H14N6O. The van der Waals surface area contributed by atoms with Crippen molar-refractivity contribution in [2.75, 3.05) is 5.73 Å². The molecule has 0 aliphatic carbocycles. The third kappa shape index (κ3) is 2.03. The number of hydrogen-bond donors (Lipinski definition) is 1. The van der Waals surface area contributed by atoms with E-state index in [1.165, 1.54) is 0 Å². The number of fused-ring (bicyclic) bond motifs is 1. The number of nitrogens with two attached hydrogens (primary N) is 1. The summed E-state index contributed by atoms with van der Waals surface area (Å²) >= 11 is 0. The molecule has 98 valence electrons. The lowest BCUT2D eigenvalue weighted by Gasteiger charge is -2.03. The number of aryl methyl sites for hydroxylation is 4. The fourth-order valence-electron chi connectivity index (χ4n) is 2.02. The number of pyridine rings is 1. The second-order valence-corrected chi connectivity index (χ2v) is 4.41. The molecule has 0 aromatic carbocycles. The van der Waals surface area contributed by atoms with Crippen LogP contribution in [0.5, 0.6) is 0 Å². The van der Waals surface area contributed by atoms with Gasteiger partial charge in [0.05, 0.1) is 0 Å². The average Bonchev–Trinajstić information content (AvgIpc) is 2.92. The van der Waals surface area contributed by atoms with Crippen LogP contribution in [0.25, 0.3) is 11.2 Å². The van der Waals surface area contributed by atoms with Crippen molar-refractivity contribution in [2.24, 2.45) is 0 Å². The summed E-state index contributed by atoms with van der Waals surface area (Å²) in [6.45, 7) is 4.39. The molecule has 0 amide bonds. The summed E-state index contributed by atoms with van der Waals surface area (Å²) in [4.78, 5) is 12.8. The molecule has 0 aliphatic heterocycles. The minimum Gasteiger partial charge on any atom is -0.369 e. The van der Waals surface area contributed by atoms with Gasteiger partial charge < -0.3 is 10.3 Å². The normalized spacial score (nSPS) is 11.3. The van der Waals surface area contributed by atoms with E-state index in [1.54, 1.807) is 13.1 Å². The van der Waals surface area contributed by atoms with Crippen molar-refractivity contribution >= 4 is 17.1 Å². The zero-order valence-corrected chi connectivity index (χ0v) is 10.8. The van der Waals surface area contributed by atoms with Crippen molar-refractivity contribution in [3.63, 3.8) is 0 Å². The van der Waals surface area contributed by atoms with E-state index in [4.69, 9.17) is 10.3 Å². The molecule has 0 bridgehead atoms. The van der Waals surface area contributed by atoms with Crippen LogP contribution in [0.1, 0.15) is 17.3 Å². The van der Waals surface area contributed by atoms with Gasteiger partial charge in [0.15, 0.2) is 11.5 Å². The van der Waals surface area contributed by atoms with E-state index in [0.717, 1.165) is 16.7 Å². The Balaban J connectivity index is 1.92. The second-order valence-electron chi connectivity index (χ2n) is 4.41. The molecule has 0 spiro atoms. The molecular weight excluding hydrogens is 244 g/mol. The van der Waals surface area contributed by atoms with E-state index in [9.17, 15) is 0 Å². The van der Waals surface area contributed by atoms with Crippen molar-refractivity contribution in [3.05, 3.63) is 29.5 Å². The van der Waals surface area contributed by atoms with Crippen LogP contribution < -0.4 is 5.73 Å². The standard InChI is InChI=1S/C12H14N6O/c1-7-3-5-14-11-10(7)16-12(13)18(11)6-4-9-15-8(2)17-19-9/h3,5H,4,6H2,1-2H3,(H2,13,16). The molecule has 7 heteroatoms. The van der Waals surface area contributed by atoms with Crippen LogP contribution in [0.3, 0.4) is 0 Å². The van der Waals surface area contributed by atoms with E-state index < -0.39 is 0 Å². The fraction of sp³-hybridized carbons (Fsp3) is 0.333. The van der Waals surface area contributed by atoms with Crippen LogP contribution in [-0.2, 0) is 13.0 Å². The van der Waals surface area contributed by atoms with Crippen molar-refractivity contribution < 1.29 is 4.52 Å². The molecule has 2 N–H and O–H groups in total. The van der Waals surface area contributed by atoms with Gasteiger partial charge >= 0.3 is 0 Å². The Hall–Kier alpha value is -2.44. The summed E-state index contributed by atoms with van der Waals surface area (Å²) in [6, 6.07) is 1.92. The first-order valence-electron chi connectivity index (χ1n) is 6.01. The number of imidazole rings is 1. The topological polar surface area (TPSA) is 95.7 Å². The molecule has 7 nitrogen and oxygen atoms in total.